The van der Waals surface area contributed by atoms with Crippen LogP contribution in [-0.2, 0) is 7.05 Å². The molecule has 3 rings (SSSR count). The molecule has 0 aromatic carbocycles. The van der Waals surface area contributed by atoms with Gasteiger partial charge >= 0.3 is 0 Å². The number of hydrogen-bond acceptors (Lipinski definition) is 2. The summed E-state index contributed by atoms with van der Waals surface area (Å²) in [4.78, 5) is 4.29. The zero-order chi connectivity index (χ0) is 9.71. The van der Waals surface area contributed by atoms with Gasteiger partial charge in [0.15, 0.2) is 5.65 Å². The molecule has 2 aromatic rings. The van der Waals surface area contributed by atoms with E-state index in [-0.39, 0.29) is 0 Å². The van der Waals surface area contributed by atoms with Crippen molar-refractivity contribution in [2.45, 2.75) is 18.8 Å². The van der Waals surface area contributed by atoms with Crippen LogP contribution in [0.3, 0.4) is 0 Å². The van der Waals surface area contributed by atoms with Gasteiger partial charge < -0.3 is 0 Å². The summed E-state index contributed by atoms with van der Waals surface area (Å²) < 4.78 is 3.00. The van der Waals surface area contributed by atoms with Gasteiger partial charge in [-0.25, -0.2) is 4.98 Å². The number of pyridine rings is 1. The number of rotatable bonds is 1. The largest absolute Gasteiger partial charge is 0.270 e. The van der Waals surface area contributed by atoms with Gasteiger partial charge in [0.2, 0.25) is 0 Å². The number of halogens is 1. The number of hydrogen-bond donors (Lipinski definition) is 0. The van der Waals surface area contributed by atoms with Crippen LogP contribution in [0.4, 0.5) is 0 Å². The maximum absolute atomic E-state index is 4.40. The molecule has 2 aromatic heterocycles. The van der Waals surface area contributed by atoms with Gasteiger partial charge in [0.05, 0.1) is 5.69 Å². The topological polar surface area (TPSA) is 30.7 Å². The fraction of sp³-hybridized carbons (Fsp3) is 0.400. The van der Waals surface area contributed by atoms with Crippen molar-refractivity contribution >= 4 is 27.0 Å². The summed E-state index contributed by atoms with van der Waals surface area (Å²) in [5, 5.41) is 5.60. The standard InChI is InChI=1S/C10H10BrN3/c1-14-9(6-2-3-6)8-4-7(11)5-12-10(8)13-14/h4-6H,2-3H2,1H3. The molecule has 0 bridgehead atoms. The Labute approximate surface area is 90.3 Å². The monoisotopic (exact) mass is 251 g/mol. The lowest BCUT2D eigenvalue weighted by molar-refractivity contribution is 0.721. The van der Waals surface area contributed by atoms with Gasteiger partial charge in [-0.15, -0.1) is 0 Å². The first-order chi connectivity index (χ1) is 6.75. The lowest BCUT2D eigenvalue weighted by Crippen LogP contribution is -1.95. The Balaban J connectivity index is 2.34. The van der Waals surface area contributed by atoms with Gasteiger partial charge in [0, 0.05) is 29.0 Å². The summed E-state index contributed by atoms with van der Waals surface area (Å²) in [6.07, 6.45) is 4.38. The second kappa shape index (κ2) is 2.79. The maximum atomic E-state index is 4.40. The third-order valence-electron chi connectivity index (χ3n) is 2.67. The first-order valence-corrected chi connectivity index (χ1v) is 5.53. The van der Waals surface area contributed by atoms with E-state index < -0.39 is 0 Å². The predicted octanol–water partition coefficient (Wildman–Crippen LogP) is 2.61. The second-order valence-electron chi connectivity index (χ2n) is 3.81. The van der Waals surface area contributed by atoms with Crippen LogP contribution in [0.1, 0.15) is 24.5 Å². The molecule has 1 aliphatic carbocycles. The molecule has 4 heteroatoms. The first kappa shape index (κ1) is 8.41. The second-order valence-corrected chi connectivity index (χ2v) is 4.72. The smallest absolute Gasteiger partial charge is 0.181 e. The van der Waals surface area contributed by atoms with Crippen LogP contribution in [0.25, 0.3) is 11.0 Å². The van der Waals surface area contributed by atoms with Gasteiger partial charge in [-0.2, -0.15) is 5.10 Å². The van der Waals surface area contributed by atoms with Crippen LogP contribution in [0.15, 0.2) is 16.7 Å². The fourth-order valence-corrected chi connectivity index (χ4v) is 2.24. The molecule has 1 aliphatic rings. The molecule has 0 N–H and O–H groups in total. The van der Waals surface area contributed by atoms with E-state index in [1.54, 1.807) is 6.20 Å². The highest BCUT2D eigenvalue weighted by Crippen LogP contribution is 2.42. The minimum absolute atomic E-state index is 0.709. The molecule has 0 atom stereocenters. The number of nitrogens with zero attached hydrogens (tertiary/aromatic N) is 3. The van der Waals surface area contributed by atoms with Gasteiger partial charge in [0.25, 0.3) is 0 Å². The molecule has 0 amide bonds. The van der Waals surface area contributed by atoms with Crippen molar-refractivity contribution in [2.75, 3.05) is 0 Å². The molecule has 0 unspecified atom stereocenters. The van der Waals surface area contributed by atoms with Crippen molar-refractivity contribution in [3.63, 3.8) is 0 Å². The molecule has 2 heterocycles. The third-order valence-corrected chi connectivity index (χ3v) is 3.10. The molecule has 0 radical (unpaired) electrons. The summed E-state index contributed by atoms with van der Waals surface area (Å²) in [6, 6.07) is 2.11. The molecular weight excluding hydrogens is 242 g/mol. The van der Waals surface area contributed by atoms with E-state index in [0.29, 0.717) is 5.92 Å². The number of aromatic nitrogens is 3. The van der Waals surface area contributed by atoms with Crippen LogP contribution in [0.2, 0.25) is 0 Å². The van der Waals surface area contributed by atoms with Crippen molar-refractivity contribution in [1.29, 1.82) is 0 Å². The van der Waals surface area contributed by atoms with Crippen molar-refractivity contribution in [2.24, 2.45) is 7.05 Å². The van der Waals surface area contributed by atoms with E-state index >= 15 is 0 Å². The number of aryl methyl sites for hydroxylation is 1. The Bertz CT molecular complexity index is 499. The molecule has 0 aliphatic heterocycles. The van der Waals surface area contributed by atoms with Gasteiger partial charge in [-0.1, -0.05) is 0 Å². The molecule has 0 saturated heterocycles. The molecule has 14 heavy (non-hydrogen) atoms. The number of fused-ring (bicyclic) bond motifs is 1. The molecule has 3 nitrogen and oxygen atoms in total. The van der Waals surface area contributed by atoms with Crippen LogP contribution >= 0.6 is 15.9 Å². The zero-order valence-corrected chi connectivity index (χ0v) is 9.45. The molecule has 72 valence electrons. The van der Waals surface area contributed by atoms with E-state index in [4.69, 9.17) is 0 Å². The first-order valence-electron chi connectivity index (χ1n) is 4.74. The molecular formula is C10H10BrN3. The van der Waals surface area contributed by atoms with Crippen LogP contribution in [0.5, 0.6) is 0 Å². The Hall–Kier alpha value is -0.900. The normalized spacial score (nSPS) is 16.4. The minimum atomic E-state index is 0.709. The minimum Gasteiger partial charge on any atom is -0.270 e. The average Bonchev–Trinajstić information content (AvgIpc) is 2.90. The van der Waals surface area contributed by atoms with E-state index in [9.17, 15) is 0 Å². The summed E-state index contributed by atoms with van der Waals surface area (Å²) in [6.45, 7) is 0. The third kappa shape index (κ3) is 1.17. The lowest BCUT2D eigenvalue weighted by Gasteiger charge is -1.98. The van der Waals surface area contributed by atoms with E-state index in [1.165, 1.54) is 23.9 Å². The highest BCUT2D eigenvalue weighted by Gasteiger charge is 2.29. The quantitative estimate of drug-likeness (QED) is 0.781. The van der Waals surface area contributed by atoms with E-state index in [2.05, 4.69) is 32.1 Å². The average molecular weight is 252 g/mol. The van der Waals surface area contributed by atoms with Gasteiger partial charge in [0.1, 0.15) is 0 Å². The highest BCUT2D eigenvalue weighted by molar-refractivity contribution is 9.10. The summed E-state index contributed by atoms with van der Waals surface area (Å²) in [7, 11) is 2.00. The van der Waals surface area contributed by atoms with Crippen LogP contribution in [0, 0.1) is 0 Å². The van der Waals surface area contributed by atoms with Crippen molar-refractivity contribution in [3.8, 4) is 0 Å². The van der Waals surface area contributed by atoms with Crippen LogP contribution in [-0.4, -0.2) is 14.8 Å². The molecule has 0 spiro atoms. The van der Waals surface area contributed by atoms with Gasteiger partial charge in [-0.3, -0.25) is 4.68 Å². The Morgan fingerprint density at radius 3 is 3.00 bits per heavy atom. The highest BCUT2D eigenvalue weighted by atomic mass is 79.9. The summed E-state index contributed by atoms with van der Waals surface area (Å²) in [5.74, 6) is 0.709. The van der Waals surface area contributed by atoms with Crippen molar-refractivity contribution in [3.05, 3.63) is 22.4 Å². The van der Waals surface area contributed by atoms with Crippen LogP contribution < -0.4 is 0 Å². The summed E-state index contributed by atoms with van der Waals surface area (Å²) >= 11 is 3.45. The predicted molar refractivity (Wildman–Crippen MR) is 58.2 cm³/mol. The van der Waals surface area contributed by atoms with E-state index in [0.717, 1.165) is 10.1 Å². The zero-order valence-electron chi connectivity index (χ0n) is 7.87. The SMILES string of the molecule is Cn1nc2ncc(Br)cc2c1C1CC1. The van der Waals surface area contributed by atoms with E-state index in [1.807, 2.05) is 11.7 Å². The Kier molecular flexibility index (Phi) is 1.68. The fourth-order valence-electron chi connectivity index (χ4n) is 1.91. The maximum Gasteiger partial charge on any atom is 0.181 e. The Morgan fingerprint density at radius 1 is 1.50 bits per heavy atom. The summed E-state index contributed by atoms with van der Waals surface area (Å²) in [5.41, 5.74) is 2.20. The molecule has 1 saturated carbocycles. The lowest BCUT2D eigenvalue weighted by atomic mass is 10.2. The van der Waals surface area contributed by atoms with Crippen molar-refractivity contribution in [1.82, 2.24) is 14.8 Å². The molecule has 1 fully saturated rings. The van der Waals surface area contributed by atoms with Gasteiger partial charge in [-0.05, 0) is 34.8 Å². The Morgan fingerprint density at radius 2 is 2.29 bits per heavy atom. The van der Waals surface area contributed by atoms with Crippen molar-refractivity contribution < 1.29 is 0 Å².